The van der Waals surface area contributed by atoms with E-state index in [9.17, 15) is 0 Å². The lowest BCUT2D eigenvalue weighted by molar-refractivity contribution is 0.665. The third-order valence-electron chi connectivity index (χ3n) is 31.6. The summed E-state index contributed by atoms with van der Waals surface area (Å²) in [6.07, 6.45) is 0.776. The van der Waals surface area contributed by atoms with E-state index >= 15 is 0 Å². The minimum absolute atomic E-state index is 0.0950. The molecular formula is C138H110N4O4. The average Bonchev–Trinajstić information content (AvgIpc) is 1.50. The van der Waals surface area contributed by atoms with Crippen LogP contribution in [0.2, 0.25) is 0 Å². The van der Waals surface area contributed by atoms with Crippen LogP contribution in [0.4, 0.5) is 68.2 Å². The molecule has 0 spiro atoms. The van der Waals surface area contributed by atoms with Gasteiger partial charge in [0, 0.05) is 89.3 Å². The van der Waals surface area contributed by atoms with Crippen molar-refractivity contribution in [3.63, 3.8) is 0 Å². The number of anilines is 12. The van der Waals surface area contributed by atoms with E-state index in [1.165, 1.54) is 33.4 Å². The molecule has 0 N–H and O–H groups in total. The summed E-state index contributed by atoms with van der Waals surface area (Å²) in [5, 5.41) is 8.16. The van der Waals surface area contributed by atoms with Crippen LogP contribution in [0.3, 0.4) is 0 Å². The summed E-state index contributed by atoms with van der Waals surface area (Å²) in [4.78, 5) is 9.99. The number of nitrogens with zero attached hydrogens (tertiary/aromatic N) is 4. The molecule has 4 heterocycles. The van der Waals surface area contributed by atoms with Gasteiger partial charge in [0.25, 0.3) is 0 Å². The highest BCUT2D eigenvalue weighted by Gasteiger charge is 2.54. The maximum absolute atomic E-state index is 7.77. The highest BCUT2D eigenvalue weighted by molar-refractivity contribution is 6.28. The van der Waals surface area contributed by atoms with Gasteiger partial charge in [-0.3, -0.25) is 0 Å². The first kappa shape index (κ1) is 88.9. The van der Waals surface area contributed by atoms with Crippen LogP contribution in [-0.2, 0) is 17.3 Å². The van der Waals surface area contributed by atoms with Gasteiger partial charge in [-0.1, -0.05) is 346 Å². The van der Waals surface area contributed by atoms with Gasteiger partial charge in [-0.05, 0) is 286 Å². The molecule has 20 aromatic carbocycles. The molecule has 8 heteroatoms. The van der Waals surface area contributed by atoms with E-state index in [-0.39, 0.29) is 5.92 Å². The van der Waals surface area contributed by atoms with Gasteiger partial charge in [-0.25, -0.2) is 0 Å². The normalized spacial score (nSPS) is 13.2. The van der Waals surface area contributed by atoms with Crippen molar-refractivity contribution in [2.45, 2.75) is 117 Å². The average molecular weight is 1890 g/mol. The van der Waals surface area contributed by atoms with Crippen LogP contribution in [-0.4, -0.2) is 0 Å². The van der Waals surface area contributed by atoms with Crippen molar-refractivity contribution < 1.29 is 17.7 Å². The zero-order valence-electron chi connectivity index (χ0n) is 83.9. The lowest BCUT2D eigenvalue weighted by atomic mass is 9.67. The fourth-order valence-corrected chi connectivity index (χ4v) is 24.4. The van der Waals surface area contributed by atoms with E-state index < -0.39 is 10.8 Å². The van der Waals surface area contributed by atoms with Crippen LogP contribution in [0.25, 0.3) is 110 Å². The van der Waals surface area contributed by atoms with E-state index in [4.69, 9.17) is 17.7 Å². The Morgan fingerprint density at radius 3 is 0.747 bits per heavy atom. The Hall–Kier alpha value is -17.2. The number of hydrogen-bond acceptors (Lipinski definition) is 8. The predicted octanol–water partition coefficient (Wildman–Crippen LogP) is 38.8. The third kappa shape index (κ3) is 14.0. The van der Waals surface area contributed by atoms with Crippen LogP contribution >= 0.6 is 0 Å². The first-order valence-corrected chi connectivity index (χ1v) is 51.5. The molecule has 0 fully saturated rings. The number of fused-ring (bicyclic) bond motifs is 22. The van der Waals surface area contributed by atoms with Gasteiger partial charge in [-0.15, -0.1) is 0 Å². The summed E-state index contributed by atoms with van der Waals surface area (Å²) >= 11 is 0. The van der Waals surface area contributed by atoms with Gasteiger partial charge in [0.2, 0.25) is 0 Å². The minimum atomic E-state index is -0.979. The molecule has 0 saturated carbocycles. The molecule has 0 radical (unpaired) electrons. The van der Waals surface area contributed by atoms with Crippen molar-refractivity contribution in [2.24, 2.45) is 0 Å². The second kappa shape index (κ2) is 35.1. The van der Waals surface area contributed by atoms with E-state index in [1.54, 1.807) is 0 Å². The molecule has 26 rings (SSSR count). The molecule has 2 aliphatic carbocycles. The Morgan fingerprint density at radius 1 is 0.219 bits per heavy atom. The van der Waals surface area contributed by atoms with Gasteiger partial charge in [0.15, 0.2) is 0 Å². The summed E-state index contributed by atoms with van der Waals surface area (Å²) in [6, 6.07) is 161. The quantitative estimate of drug-likeness (QED) is 0.0665. The molecule has 24 aromatic rings. The molecule has 146 heavy (non-hydrogen) atoms. The van der Waals surface area contributed by atoms with E-state index in [2.05, 4.69) is 526 Å². The largest absolute Gasteiger partial charge is 0.455 e. The molecule has 0 amide bonds. The van der Waals surface area contributed by atoms with Gasteiger partial charge in [0.05, 0.1) is 55.1 Å². The maximum Gasteiger partial charge on any atom is 0.145 e. The number of para-hydroxylation sites is 5. The second-order valence-corrected chi connectivity index (χ2v) is 41.3. The van der Waals surface area contributed by atoms with Crippen molar-refractivity contribution in [3.05, 3.63) is 525 Å². The SMILES string of the molecule is Cc1ccc(C)c(N(c2ccccc2)c2cc3c(c4oc5ccccc5c24)-c2c(cc(N(c4ccc(CC(C)c5ccc(N(c6ccc(C(C)C)cc6)c6cc7c(c8oc9ccccc9c68)-c6c(cc(N(c8ccc(C(C)C)cc8)c8ccc(C(C)C)cc8)c8c6oc6ccccc68)C7(c6ccccc6)c6ccccc6)cc5)cc4)c4cc(C)ccc4C)c4c2oc2ccccc24)C3(c2ccccc2)c2ccccc2)c1. The minimum Gasteiger partial charge on any atom is -0.455 e. The lowest BCUT2D eigenvalue weighted by Gasteiger charge is -2.36. The van der Waals surface area contributed by atoms with Crippen molar-refractivity contribution in [1.82, 2.24) is 0 Å². The first-order chi connectivity index (χ1) is 71.5. The van der Waals surface area contributed by atoms with Gasteiger partial charge in [0.1, 0.15) is 44.7 Å². The van der Waals surface area contributed by atoms with Gasteiger partial charge < -0.3 is 37.3 Å². The summed E-state index contributed by atoms with van der Waals surface area (Å²) in [6.45, 7) is 24.9. The number of aryl methyl sites for hydroxylation is 4. The summed E-state index contributed by atoms with van der Waals surface area (Å²) in [5.41, 5.74) is 40.6. The number of hydrogen-bond donors (Lipinski definition) is 0. The third-order valence-corrected chi connectivity index (χ3v) is 31.6. The highest BCUT2D eigenvalue weighted by atomic mass is 16.3. The van der Waals surface area contributed by atoms with Crippen molar-refractivity contribution in [1.29, 1.82) is 0 Å². The molecule has 4 aromatic heterocycles. The summed E-state index contributed by atoms with van der Waals surface area (Å²) in [7, 11) is 0. The number of rotatable bonds is 22. The zero-order chi connectivity index (χ0) is 98.6. The Balaban J connectivity index is 0.636. The zero-order valence-corrected chi connectivity index (χ0v) is 83.9. The van der Waals surface area contributed by atoms with Crippen LogP contribution in [0, 0.1) is 27.7 Å². The van der Waals surface area contributed by atoms with Gasteiger partial charge in [-0.2, -0.15) is 0 Å². The van der Waals surface area contributed by atoms with E-state index in [1.807, 2.05) is 0 Å². The van der Waals surface area contributed by atoms with Crippen LogP contribution in [0.15, 0.2) is 448 Å². The van der Waals surface area contributed by atoms with Crippen LogP contribution in [0.5, 0.6) is 0 Å². The standard InChI is InChI=1S/C138H110N4O4/c1-84(2)93-59-69-102(70-60-93)139(103-71-61-94(62-72-103)85(3)4)117-80-111-129(133-125(117)107-45-27-31-49-121(107)143-133)130-112(137(111,97-35-17-12-18-36-97)98-37-19-13-20-38-98)81-118(126-108-46-28-32-50-122(108)144-134(126)130)140(104-73-63-95(64-74-104)86(5)6)105-75-65-96(66-76-105)91(11)79-92-57-67-106(68-58-92)142(116-78-88(8)54-56-90(116)10)120-83-114-132(136-128(120)110-48-30-34-52-124(110)146-136)131-113(138(114,99-39-21-14-22-40-99)100-41-23-15-24-42-100)82-119(127-109-47-29-33-51-123(109)145-135(127)131)141(101-43-25-16-26-44-101)115-77-87(7)53-55-89(115)9/h12-78,80-86,91H,79H2,1-11H3. The summed E-state index contributed by atoms with van der Waals surface area (Å²) < 4.78 is 30.9. The molecule has 706 valence electrons. The Bertz CT molecular complexity index is 9090. The smallest absolute Gasteiger partial charge is 0.145 e. The monoisotopic (exact) mass is 1890 g/mol. The molecular weight excluding hydrogens is 1780 g/mol. The Morgan fingerprint density at radius 2 is 0.459 bits per heavy atom. The molecule has 2 aliphatic rings. The topological polar surface area (TPSA) is 65.5 Å². The fourth-order valence-electron chi connectivity index (χ4n) is 24.4. The molecule has 0 aliphatic heterocycles. The Labute approximate surface area is 852 Å². The lowest BCUT2D eigenvalue weighted by Crippen LogP contribution is -2.29. The van der Waals surface area contributed by atoms with Gasteiger partial charge >= 0.3 is 0 Å². The molecule has 1 unspecified atom stereocenters. The Kier molecular flexibility index (Phi) is 21.4. The molecule has 0 bridgehead atoms. The molecule has 0 saturated heterocycles. The van der Waals surface area contributed by atoms with Crippen LogP contribution < -0.4 is 19.6 Å². The van der Waals surface area contributed by atoms with E-state index in [0.717, 1.165) is 246 Å². The highest BCUT2D eigenvalue weighted by Crippen LogP contribution is 2.68. The van der Waals surface area contributed by atoms with Crippen molar-refractivity contribution in [2.75, 3.05) is 19.6 Å². The van der Waals surface area contributed by atoms with E-state index in [0.29, 0.717) is 17.8 Å². The number of benzene rings is 20. The fraction of sp³-hybridized carbons (Fsp3) is 0.130. The van der Waals surface area contributed by atoms with Crippen LogP contribution in [0.1, 0.15) is 167 Å². The van der Waals surface area contributed by atoms with Crippen molar-refractivity contribution >= 4 is 156 Å². The summed E-state index contributed by atoms with van der Waals surface area (Å²) in [5.74, 6) is 1.09. The first-order valence-electron chi connectivity index (χ1n) is 51.5. The maximum atomic E-state index is 7.77. The molecule has 1 atom stereocenters. The predicted molar refractivity (Wildman–Crippen MR) is 609 cm³/mol. The molecule has 8 nitrogen and oxygen atoms in total. The second-order valence-electron chi connectivity index (χ2n) is 41.3. The van der Waals surface area contributed by atoms with Crippen molar-refractivity contribution in [3.8, 4) is 22.3 Å². The number of furan rings is 4.